The Kier molecular flexibility index (Phi) is 6.08. The molecule has 160 valence electrons. The molecular weight excluding hydrogens is 382 g/mol. The molecule has 0 radical (unpaired) electrons. The number of para-hydroxylation sites is 1. The molecule has 1 aromatic heterocycles. The minimum atomic E-state index is -0.608. The van der Waals surface area contributed by atoms with Crippen molar-refractivity contribution in [2.45, 2.75) is 51.7 Å². The summed E-state index contributed by atoms with van der Waals surface area (Å²) in [6.07, 6.45) is 3.34. The van der Waals surface area contributed by atoms with E-state index >= 15 is 0 Å². The first-order valence-electron chi connectivity index (χ1n) is 10.7. The van der Waals surface area contributed by atoms with Gasteiger partial charge in [-0.05, 0) is 54.8 Å². The van der Waals surface area contributed by atoms with Gasteiger partial charge in [-0.1, -0.05) is 25.1 Å². The van der Waals surface area contributed by atoms with E-state index in [2.05, 4.69) is 32.7 Å². The van der Waals surface area contributed by atoms with Crippen molar-refractivity contribution >= 4 is 17.5 Å². The molecule has 9 heteroatoms. The Morgan fingerprint density at radius 2 is 2.00 bits per heavy atom. The average Bonchev–Trinajstić information content (AvgIpc) is 3.28. The molecule has 0 saturated carbocycles. The maximum atomic E-state index is 12.5. The van der Waals surface area contributed by atoms with Gasteiger partial charge >= 0.3 is 0 Å². The number of hydrogen-bond acceptors (Lipinski definition) is 6. The van der Waals surface area contributed by atoms with Gasteiger partial charge < -0.3 is 10.2 Å². The molecule has 9 nitrogen and oxygen atoms in total. The van der Waals surface area contributed by atoms with Crippen molar-refractivity contribution < 1.29 is 9.59 Å². The normalized spacial score (nSPS) is 19.9. The lowest BCUT2D eigenvalue weighted by molar-refractivity contribution is -0.127. The number of carbonyl (C=O) groups is 2. The third-order valence-corrected chi connectivity index (χ3v) is 6.11. The molecule has 1 N–H and O–H groups in total. The van der Waals surface area contributed by atoms with Gasteiger partial charge in [0.15, 0.2) is 5.82 Å². The summed E-state index contributed by atoms with van der Waals surface area (Å²) in [6, 6.07) is 6.94. The molecule has 1 atom stereocenters. The monoisotopic (exact) mass is 411 g/mol. The van der Waals surface area contributed by atoms with Gasteiger partial charge in [0.25, 0.3) is 5.91 Å². The summed E-state index contributed by atoms with van der Waals surface area (Å²) in [5.74, 6) is 1.38. The summed E-state index contributed by atoms with van der Waals surface area (Å²) >= 11 is 0. The highest BCUT2D eigenvalue weighted by Gasteiger charge is 2.35. The highest BCUT2D eigenvalue weighted by Crippen LogP contribution is 2.34. The first-order valence-corrected chi connectivity index (χ1v) is 10.7. The maximum Gasteiger partial charge on any atom is 0.254 e. The van der Waals surface area contributed by atoms with Crippen molar-refractivity contribution in [3.63, 3.8) is 0 Å². The van der Waals surface area contributed by atoms with Crippen LogP contribution in [0.4, 0.5) is 5.69 Å². The molecule has 0 aliphatic carbocycles. The van der Waals surface area contributed by atoms with Gasteiger partial charge in [0.2, 0.25) is 5.91 Å². The zero-order valence-electron chi connectivity index (χ0n) is 17.6. The Morgan fingerprint density at radius 1 is 1.23 bits per heavy atom. The fraction of sp³-hybridized carbons (Fsp3) is 0.571. The van der Waals surface area contributed by atoms with Crippen LogP contribution in [0, 0.1) is 5.92 Å². The predicted octanol–water partition coefficient (Wildman–Crippen LogP) is 1.52. The smallest absolute Gasteiger partial charge is 0.254 e. The standard InChI is InChI=1S/C21H29N7O2/c1-15-9-12-27(13-10-15)14-18-23-24-25-28(18)11-5-8-19(29)22-20-16-6-3-4-7-17(16)26(2)21(20)30/h3-4,6-7,15,20H,5,8-14H2,1-2H3,(H,22,29)/t20-/m0/s1. The van der Waals surface area contributed by atoms with Gasteiger partial charge in [-0.25, -0.2) is 4.68 Å². The number of likely N-dealkylation sites (N-methyl/N-ethyl adjacent to an activating group) is 1. The molecule has 1 aromatic carbocycles. The van der Waals surface area contributed by atoms with E-state index in [9.17, 15) is 9.59 Å². The van der Waals surface area contributed by atoms with Crippen molar-refractivity contribution in [1.82, 2.24) is 30.4 Å². The number of nitrogens with one attached hydrogen (secondary N) is 1. The maximum absolute atomic E-state index is 12.5. The van der Waals surface area contributed by atoms with Crippen LogP contribution in [0.5, 0.6) is 0 Å². The van der Waals surface area contributed by atoms with Crippen LogP contribution in [0.1, 0.15) is 50.0 Å². The van der Waals surface area contributed by atoms with E-state index in [0.29, 0.717) is 19.4 Å². The molecule has 2 aliphatic rings. The van der Waals surface area contributed by atoms with Gasteiger partial charge in [0.05, 0.1) is 6.54 Å². The van der Waals surface area contributed by atoms with E-state index in [0.717, 1.165) is 42.6 Å². The number of carbonyl (C=O) groups excluding carboxylic acids is 2. The van der Waals surface area contributed by atoms with Gasteiger partial charge in [-0.2, -0.15) is 0 Å². The largest absolute Gasteiger partial charge is 0.340 e. The highest BCUT2D eigenvalue weighted by molar-refractivity contribution is 6.05. The second-order valence-corrected chi connectivity index (χ2v) is 8.34. The molecular formula is C21H29N7O2. The Bertz CT molecular complexity index is 904. The number of likely N-dealkylation sites (tertiary alicyclic amines) is 1. The van der Waals surface area contributed by atoms with Crippen molar-refractivity contribution in [3.8, 4) is 0 Å². The van der Waals surface area contributed by atoms with Crippen LogP contribution < -0.4 is 10.2 Å². The molecule has 0 spiro atoms. The number of benzene rings is 1. The van der Waals surface area contributed by atoms with E-state index < -0.39 is 6.04 Å². The van der Waals surface area contributed by atoms with Gasteiger partial charge in [0, 0.05) is 31.3 Å². The summed E-state index contributed by atoms with van der Waals surface area (Å²) in [5, 5.41) is 14.9. The lowest BCUT2D eigenvalue weighted by atomic mass is 9.99. The average molecular weight is 412 g/mol. The summed E-state index contributed by atoms with van der Waals surface area (Å²) in [4.78, 5) is 28.9. The number of amides is 2. The molecule has 3 heterocycles. The zero-order valence-corrected chi connectivity index (χ0v) is 17.6. The number of fused-ring (bicyclic) bond motifs is 1. The Balaban J connectivity index is 1.27. The quantitative estimate of drug-likeness (QED) is 0.742. The first kappa shape index (κ1) is 20.5. The molecule has 1 fully saturated rings. The van der Waals surface area contributed by atoms with Crippen molar-refractivity contribution in [2.75, 3.05) is 25.0 Å². The Hall–Kier alpha value is -2.81. The molecule has 4 rings (SSSR count). The van der Waals surface area contributed by atoms with Crippen LogP contribution in [0.25, 0.3) is 0 Å². The molecule has 30 heavy (non-hydrogen) atoms. The SMILES string of the molecule is CC1CCN(Cc2nnnn2CCCC(=O)N[C@@H]2C(=O)N(C)c3ccccc32)CC1. The van der Waals surface area contributed by atoms with Crippen LogP contribution in [0.2, 0.25) is 0 Å². The molecule has 0 bridgehead atoms. The van der Waals surface area contributed by atoms with Crippen molar-refractivity contribution in [1.29, 1.82) is 0 Å². The van der Waals surface area contributed by atoms with E-state index in [4.69, 9.17) is 0 Å². The number of aryl methyl sites for hydroxylation is 1. The minimum absolute atomic E-state index is 0.108. The van der Waals surface area contributed by atoms with Crippen LogP contribution in [-0.4, -0.2) is 57.1 Å². The Labute approximate surface area is 176 Å². The van der Waals surface area contributed by atoms with E-state index in [-0.39, 0.29) is 11.8 Å². The Morgan fingerprint density at radius 3 is 2.80 bits per heavy atom. The van der Waals surface area contributed by atoms with Crippen LogP contribution in [0.3, 0.4) is 0 Å². The van der Waals surface area contributed by atoms with E-state index in [1.807, 2.05) is 24.3 Å². The summed E-state index contributed by atoms with van der Waals surface area (Å²) in [6.45, 7) is 5.76. The molecule has 1 saturated heterocycles. The van der Waals surface area contributed by atoms with Gasteiger partial charge in [-0.15, -0.1) is 5.10 Å². The molecule has 0 unspecified atom stereocenters. The summed E-state index contributed by atoms with van der Waals surface area (Å²) in [5.41, 5.74) is 1.69. The first-order chi connectivity index (χ1) is 14.5. The molecule has 2 aliphatic heterocycles. The number of tetrazole rings is 1. The van der Waals surface area contributed by atoms with Gasteiger partial charge in [0.1, 0.15) is 6.04 Å². The second-order valence-electron chi connectivity index (χ2n) is 8.34. The topological polar surface area (TPSA) is 96.2 Å². The number of aromatic nitrogens is 4. The predicted molar refractivity (Wildman–Crippen MR) is 111 cm³/mol. The van der Waals surface area contributed by atoms with Crippen LogP contribution in [-0.2, 0) is 22.7 Å². The highest BCUT2D eigenvalue weighted by atomic mass is 16.2. The third-order valence-electron chi connectivity index (χ3n) is 6.11. The van der Waals surface area contributed by atoms with E-state index in [1.54, 1.807) is 16.6 Å². The second kappa shape index (κ2) is 8.91. The number of piperidine rings is 1. The number of anilines is 1. The molecule has 2 amide bonds. The minimum Gasteiger partial charge on any atom is -0.340 e. The van der Waals surface area contributed by atoms with Crippen LogP contribution in [0.15, 0.2) is 24.3 Å². The number of rotatable bonds is 7. The van der Waals surface area contributed by atoms with Gasteiger partial charge in [-0.3, -0.25) is 14.5 Å². The molecule has 2 aromatic rings. The van der Waals surface area contributed by atoms with Crippen molar-refractivity contribution in [2.24, 2.45) is 5.92 Å². The number of nitrogens with zero attached hydrogens (tertiary/aromatic N) is 6. The lowest BCUT2D eigenvalue weighted by Gasteiger charge is -2.29. The summed E-state index contributed by atoms with van der Waals surface area (Å²) in [7, 11) is 1.73. The van der Waals surface area contributed by atoms with E-state index in [1.165, 1.54) is 12.8 Å². The fourth-order valence-corrected chi connectivity index (χ4v) is 4.17. The zero-order chi connectivity index (χ0) is 21.1. The van der Waals surface area contributed by atoms with Crippen molar-refractivity contribution in [3.05, 3.63) is 35.7 Å². The lowest BCUT2D eigenvalue weighted by Crippen LogP contribution is -2.36. The fourth-order valence-electron chi connectivity index (χ4n) is 4.17. The summed E-state index contributed by atoms with van der Waals surface area (Å²) < 4.78 is 1.79. The van der Waals surface area contributed by atoms with Crippen LogP contribution >= 0.6 is 0 Å². The third kappa shape index (κ3) is 4.35. The number of hydrogen-bond donors (Lipinski definition) is 1.